The molecule has 5 heteroatoms. The maximum atomic E-state index is 14.2. The molecule has 0 aliphatic rings. The van der Waals surface area contributed by atoms with Crippen LogP contribution in [0.3, 0.4) is 0 Å². The summed E-state index contributed by atoms with van der Waals surface area (Å²) in [6.07, 6.45) is 0. The lowest BCUT2D eigenvalue weighted by atomic mass is 10.0. The van der Waals surface area contributed by atoms with Crippen molar-refractivity contribution in [2.45, 2.75) is 0 Å². The van der Waals surface area contributed by atoms with Crippen molar-refractivity contribution in [1.82, 2.24) is 0 Å². The minimum absolute atomic E-state index is 0.185. The van der Waals surface area contributed by atoms with Gasteiger partial charge in [-0.15, -0.1) is 0 Å². The van der Waals surface area contributed by atoms with E-state index in [0.717, 1.165) is 6.07 Å². The van der Waals surface area contributed by atoms with Gasteiger partial charge in [0.2, 0.25) is 0 Å². The highest BCUT2D eigenvalue weighted by molar-refractivity contribution is 6.11. The van der Waals surface area contributed by atoms with Crippen LogP contribution in [0.15, 0.2) is 72.8 Å². The summed E-state index contributed by atoms with van der Waals surface area (Å²) in [6, 6.07) is 17.3. The number of halogens is 2. The molecule has 3 nitrogen and oxygen atoms in total. The average molecular weight is 338 g/mol. The Balaban J connectivity index is 2.02. The Hall–Kier alpha value is -3.34. The van der Waals surface area contributed by atoms with Gasteiger partial charge in [-0.05, 0) is 18.2 Å². The summed E-state index contributed by atoms with van der Waals surface area (Å²) in [6.45, 7) is 0. The molecule has 25 heavy (non-hydrogen) atoms. The topological polar surface area (TPSA) is 43.4 Å². The molecule has 0 aromatic heterocycles. The Morgan fingerprint density at radius 1 is 0.760 bits per heavy atom. The van der Waals surface area contributed by atoms with Crippen LogP contribution in [0, 0.1) is 11.6 Å². The van der Waals surface area contributed by atoms with Crippen LogP contribution in [0.1, 0.15) is 26.3 Å². The second-order valence-electron chi connectivity index (χ2n) is 5.21. The van der Waals surface area contributed by atoms with Gasteiger partial charge in [0.05, 0.1) is 11.1 Å². The molecule has 0 saturated carbocycles. The molecule has 0 radical (unpaired) electrons. The number of esters is 1. The van der Waals surface area contributed by atoms with Gasteiger partial charge < -0.3 is 4.74 Å². The summed E-state index contributed by atoms with van der Waals surface area (Å²) >= 11 is 0. The average Bonchev–Trinajstić information content (AvgIpc) is 2.64. The molecule has 3 rings (SSSR count). The molecule has 0 spiro atoms. The Bertz CT molecular complexity index is 922. The van der Waals surface area contributed by atoms with Crippen LogP contribution in [0.5, 0.6) is 5.75 Å². The zero-order valence-corrected chi connectivity index (χ0v) is 12.9. The van der Waals surface area contributed by atoms with E-state index in [0.29, 0.717) is 6.07 Å². The Morgan fingerprint density at radius 3 is 1.92 bits per heavy atom. The monoisotopic (exact) mass is 338 g/mol. The van der Waals surface area contributed by atoms with E-state index in [4.69, 9.17) is 4.74 Å². The van der Waals surface area contributed by atoms with Gasteiger partial charge in [0.1, 0.15) is 5.82 Å². The van der Waals surface area contributed by atoms with Gasteiger partial charge in [-0.2, -0.15) is 0 Å². The van der Waals surface area contributed by atoms with E-state index in [1.54, 1.807) is 36.4 Å². The molecule has 0 bridgehead atoms. The molecule has 3 aromatic rings. The summed E-state index contributed by atoms with van der Waals surface area (Å²) < 4.78 is 32.9. The second-order valence-corrected chi connectivity index (χ2v) is 5.21. The highest BCUT2D eigenvalue weighted by Gasteiger charge is 2.23. The summed E-state index contributed by atoms with van der Waals surface area (Å²) in [5.74, 6) is -4.13. The maximum Gasteiger partial charge on any atom is 0.343 e. The van der Waals surface area contributed by atoms with E-state index in [1.165, 1.54) is 24.3 Å². The third kappa shape index (κ3) is 3.61. The molecular formula is C20H12F2O3. The van der Waals surface area contributed by atoms with Gasteiger partial charge in [-0.1, -0.05) is 48.5 Å². The number of benzene rings is 3. The van der Waals surface area contributed by atoms with Crippen molar-refractivity contribution in [2.75, 3.05) is 0 Å². The molecule has 0 saturated heterocycles. The van der Waals surface area contributed by atoms with Crippen LogP contribution >= 0.6 is 0 Å². The van der Waals surface area contributed by atoms with E-state index in [2.05, 4.69) is 0 Å². The normalized spacial score (nSPS) is 10.3. The molecule has 3 aromatic carbocycles. The number of hydrogen-bond acceptors (Lipinski definition) is 3. The minimum atomic E-state index is -1.12. The van der Waals surface area contributed by atoms with Crippen molar-refractivity contribution in [2.24, 2.45) is 0 Å². The summed E-state index contributed by atoms with van der Waals surface area (Å²) in [5.41, 5.74) is 0.0572. The fourth-order valence-corrected chi connectivity index (χ4v) is 2.30. The number of carbonyl (C=O) groups excluding carboxylic acids is 2. The first kappa shape index (κ1) is 16.5. The Kier molecular flexibility index (Phi) is 4.66. The Morgan fingerprint density at radius 2 is 1.32 bits per heavy atom. The largest absolute Gasteiger partial charge is 0.419 e. The van der Waals surface area contributed by atoms with Gasteiger partial charge in [-0.3, -0.25) is 4.79 Å². The van der Waals surface area contributed by atoms with E-state index in [1.807, 2.05) is 0 Å². The molecule has 0 amide bonds. The molecule has 0 atom stereocenters. The summed E-state index contributed by atoms with van der Waals surface area (Å²) in [4.78, 5) is 24.7. The molecule has 0 aliphatic heterocycles. The van der Waals surface area contributed by atoms with E-state index < -0.39 is 29.1 Å². The molecule has 0 heterocycles. The standard InChI is InChI=1S/C20H12F2O3/c21-15-11-16(18(23)13-7-3-1-4-8-13)19(17(22)12-15)25-20(24)14-9-5-2-6-10-14/h1-12H. The first-order chi connectivity index (χ1) is 12.1. The van der Waals surface area contributed by atoms with Gasteiger partial charge in [0.15, 0.2) is 17.3 Å². The third-order valence-electron chi connectivity index (χ3n) is 3.49. The van der Waals surface area contributed by atoms with Crippen LogP contribution in [0.2, 0.25) is 0 Å². The molecule has 0 fully saturated rings. The number of ketones is 1. The first-order valence-electron chi connectivity index (χ1n) is 7.42. The number of ether oxygens (including phenoxy) is 1. The zero-order chi connectivity index (χ0) is 17.8. The van der Waals surface area contributed by atoms with Crippen LogP contribution in [0.25, 0.3) is 0 Å². The lowest BCUT2D eigenvalue weighted by molar-refractivity contribution is 0.0725. The van der Waals surface area contributed by atoms with Crippen molar-refractivity contribution in [3.8, 4) is 5.75 Å². The maximum absolute atomic E-state index is 14.2. The lowest BCUT2D eigenvalue weighted by Crippen LogP contribution is -2.14. The van der Waals surface area contributed by atoms with Gasteiger partial charge in [0.25, 0.3) is 0 Å². The quantitative estimate of drug-likeness (QED) is 0.402. The van der Waals surface area contributed by atoms with Crippen LogP contribution < -0.4 is 4.74 Å². The van der Waals surface area contributed by atoms with Crippen molar-refractivity contribution in [3.63, 3.8) is 0 Å². The predicted molar refractivity (Wildman–Crippen MR) is 87.6 cm³/mol. The lowest BCUT2D eigenvalue weighted by Gasteiger charge is -2.11. The smallest absolute Gasteiger partial charge is 0.343 e. The highest BCUT2D eigenvalue weighted by Crippen LogP contribution is 2.27. The van der Waals surface area contributed by atoms with Crippen LogP contribution in [-0.2, 0) is 0 Å². The van der Waals surface area contributed by atoms with Gasteiger partial charge >= 0.3 is 5.97 Å². The van der Waals surface area contributed by atoms with E-state index in [9.17, 15) is 18.4 Å². The molecule has 0 unspecified atom stereocenters. The van der Waals surface area contributed by atoms with E-state index in [-0.39, 0.29) is 16.7 Å². The number of rotatable bonds is 4. The molecule has 124 valence electrons. The third-order valence-corrected chi connectivity index (χ3v) is 3.49. The summed E-state index contributed by atoms with van der Waals surface area (Å²) in [7, 11) is 0. The fraction of sp³-hybridized carbons (Fsp3) is 0. The number of carbonyl (C=O) groups is 2. The van der Waals surface area contributed by atoms with Gasteiger partial charge in [0, 0.05) is 11.6 Å². The molecule has 0 aliphatic carbocycles. The van der Waals surface area contributed by atoms with E-state index >= 15 is 0 Å². The molecular weight excluding hydrogens is 326 g/mol. The first-order valence-corrected chi connectivity index (χ1v) is 7.42. The minimum Gasteiger partial charge on any atom is -0.419 e. The Labute approximate surface area is 142 Å². The second kappa shape index (κ2) is 7.05. The van der Waals surface area contributed by atoms with Crippen molar-refractivity contribution in [1.29, 1.82) is 0 Å². The predicted octanol–water partition coefficient (Wildman–Crippen LogP) is 4.42. The van der Waals surface area contributed by atoms with Crippen molar-refractivity contribution >= 4 is 11.8 Å². The highest BCUT2D eigenvalue weighted by atomic mass is 19.1. The number of hydrogen-bond donors (Lipinski definition) is 0. The summed E-state index contributed by atoms with van der Waals surface area (Å²) in [5, 5.41) is 0. The zero-order valence-electron chi connectivity index (χ0n) is 12.9. The van der Waals surface area contributed by atoms with Crippen LogP contribution in [-0.4, -0.2) is 11.8 Å². The van der Waals surface area contributed by atoms with Crippen LogP contribution in [0.4, 0.5) is 8.78 Å². The van der Waals surface area contributed by atoms with Crippen molar-refractivity contribution < 1.29 is 23.1 Å². The van der Waals surface area contributed by atoms with Crippen molar-refractivity contribution in [3.05, 3.63) is 101 Å². The fourth-order valence-electron chi connectivity index (χ4n) is 2.30. The molecule has 0 N–H and O–H groups in total. The van der Waals surface area contributed by atoms with Gasteiger partial charge in [-0.25, -0.2) is 13.6 Å². The SMILES string of the molecule is O=C(Oc1c(F)cc(F)cc1C(=O)c1ccccc1)c1ccccc1.